The predicted molar refractivity (Wildman–Crippen MR) is 239 cm³/mol. The van der Waals surface area contributed by atoms with Gasteiger partial charge < -0.3 is 33.2 Å². The largest absolute Gasteiger partial charge is 0.494 e. The van der Waals surface area contributed by atoms with E-state index in [9.17, 15) is 24.0 Å². The Morgan fingerprint density at radius 3 is 1.44 bits per heavy atom. The highest BCUT2D eigenvalue weighted by atomic mass is 16.6. The minimum absolute atomic E-state index is 0.207. The number of ether oxygens (including phenoxy) is 7. The summed E-state index contributed by atoms with van der Waals surface area (Å²) in [5, 5.41) is 0. The van der Waals surface area contributed by atoms with Gasteiger partial charge in [-0.25, -0.2) is 24.0 Å². The Morgan fingerprint density at radius 1 is 0.476 bits per heavy atom. The van der Waals surface area contributed by atoms with Crippen LogP contribution in [0.25, 0.3) is 12.2 Å². The van der Waals surface area contributed by atoms with E-state index >= 15 is 0 Å². The van der Waals surface area contributed by atoms with E-state index in [4.69, 9.17) is 33.2 Å². The van der Waals surface area contributed by atoms with Crippen LogP contribution in [0.1, 0.15) is 84.5 Å². The van der Waals surface area contributed by atoms with Gasteiger partial charge >= 0.3 is 29.8 Å². The Morgan fingerprint density at radius 2 is 0.937 bits per heavy atom. The third kappa shape index (κ3) is 19.8. The number of hydrogen-bond acceptors (Lipinski definition) is 12. The summed E-state index contributed by atoms with van der Waals surface area (Å²) in [5.41, 5.74) is 2.45. The third-order valence-electron chi connectivity index (χ3n) is 9.13. The number of carbonyl (C=O) groups is 5. The molecule has 0 unspecified atom stereocenters. The van der Waals surface area contributed by atoms with Crippen molar-refractivity contribution < 1.29 is 57.1 Å². The summed E-state index contributed by atoms with van der Waals surface area (Å²) in [6, 6.07) is 29.6. The Kier molecular flexibility index (Phi) is 21.8. The number of benzene rings is 4. The molecule has 0 aliphatic rings. The van der Waals surface area contributed by atoms with Crippen LogP contribution in [0.3, 0.4) is 0 Å². The molecule has 0 radical (unpaired) electrons. The van der Waals surface area contributed by atoms with Crippen LogP contribution < -0.4 is 14.2 Å². The van der Waals surface area contributed by atoms with E-state index in [2.05, 4.69) is 13.2 Å². The maximum atomic E-state index is 12.9. The van der Waals surface area contributed by atoms with Crippen LogP contribution >= 0.6 is 0 Å². The smallest absolute Gasteiger partial charge is 0.343 e. The molecular weight excluding hydrogens is 805 g/mol. The molecule has 0 saturated carbocycles. The van der Waals surface area contributed by atoms with Crippen molar-refractivity contribution in [1.29, 1.82) is 0 Å². The molecule has 12 heteroatoms. The van der Waals surface area contributed by atoms with Crippen LogP contribution in [0.4, 0.5) is 0 Å². The Labute approximate surface area is 368 Å². The lowest BCUT2D eigenvalue weighted by Gasteiger charge is -2.17. The van der Waals surface area contributed by atoms with E-state index in [0.29, 0.717) is 60.4 Å². The van der Waals surface area contributed by atoms with Crippen LogP contribution in [-0.4, -0.2) is 62.9 Å². The molecule has 63 heavy (non-hydrogen) atoms. The van der Waals surface area contributed by atoms with E-state index in [-0.39, 0.29) is 6.61 Å². The molecule has 12 nitrogen and oxygen atoms in total. The first kappa shape index (κ1) is 48.5. The van der Waals surface area contributed by atoms with Gasteiger partial charge in [0, 0.05) is 24.3 Å². The highest BCUT2D eigenvalue weighted by Crippen LogP contribution is 2.21. The number of carbonyl (C=O) groups excluding carboxylic acids is 5. The molecule has 4 aromatic carbocycles. The van der Waals surface area contributed by atoms with E-state index in [1.165, 1.54) is 12.2 Å². The summed E-state index contributed by atoms with van der Waals surface area (Å²) in [5.74, 6) is -0.920. The molecule has 4 aromatic rings. The molecule has 0 fully saturated rings. The molecule has 0 aliphatic heterocycles. The van der Waals surface area contributed by atoms with E-state index in [1.807, 2.05) is 30.3 Å². The Balaban J connectivity index is 1.16. The molecule has 1 atom stereocenters. The maximum Gasteiger partial charge on any atom is 0.343 e. The van der Waals surface area contributed by atoms with Crippen LogP contribution in [0.5, 0.6) is 17.2 Å². The van der Waals surface area contributed by atoms with Crippen molar-refractivity contribution in [1.82, 2.24) is 0 Å². The molecule has 0 aromatic heterocycles. The van der Waals surface area contributed by atoms with Crippen molar-refractivity contribution in [2.75, 3.05) is 33.0 Å². The Bertz CT molecular complexity index is 2100. The predicted octanol–water partition coefficient (Wildman–Crippen LogP) is 9.80. The molecule has 0 spiro atoms. The van der Waals surface area contributed by atoms with Gasteiger partial charge in [0.15, 0.2) is 6.10 Å². The van der Waals surface area contributed by atoms with Crippen molar-refractivity contribution in [3.05, 3.63) is 163 Å². The molecule has 0 N–H and O–H groups in total. The third-order valence-corrected chi connectivity index (χ3v) is 9.13. The van der Waals surface area contributed by atoms with Crippen LogP contribution in [0, 0.1) is 0 Å². The second kappa shape index (κ2) is 28.3. The Hall–Kier alpha value is -7.21. The fourth-order valence-corrected chi connectivity index (χ4v) is 5.71. The van der Waals surface area contributed by atoms with Crippen LogP contribution in [-0.2, 0) is 38.1 Å². The number of rotatable bonds is 28. The maximum absolute atomic E-state index is 12.9. The van der Waals surface area contributed by atoms with E-state index in [0.717, 1.165) is 69.1 Å². The summed E-state index contributed by atoms with van der Waals surface area (Å²) in [7, 11) is 0. The van der Waals surface area contributed by atoms with Gasteiger partial charge in [-0.3, -0.25) is 0 Å². The second-order valence-corrected chi connectivity index (χ2v) is 14.0. The molecular formula is C51H54O12. The summed E-state index contributed by atoms with van der Waals surface area (Å²) in [4.78, 5) is 60.4. The standard InChI is InChI=1S/C51H54O12/c1-3-47(52)59-36-14-7-5-12-34-57-43-26-18-39(19-27-43)23-33-50(55)63-46(41-16-10-9-11-17-41)38-61-49(54)32-22-40-20-28-45(29-21-40)62-51(56)42-24-30-44(31-25-42)58-35-13-6-8-15-37-60-48(53)4-2/h3-4,9-11,16-33,46H,1-2,5-8,12-15,34-38H2/b32-22+,33-23+/t46-/m0/s1. The van der Waals surface area contributed by atoms with Crippen molar-refractivity contribution in [3.63, 3.8) is 0 Å². The summed E-state index contributed by atoms with van der Waals surface area (Å²) < 4.78 is 38.2. The summed E-state index contributed by atoms with van der Waals surface area (Å²) >= 11 is 0. The molecule has 0 heterocycles. The van der Waals surface area contributed by atoms with E-state index in [1.54, 1.807) is 84.9 Å². The van der Waals surface area contributed by atoms with Gasteiger partial charge in [-0.2, -0.15) is 0 Å². The highest BCUT2D eigenvalue weighted by molar-refractivity contribution is 5.91. The van der Waals surface area contributed by atoms with Gasteiger partial charge in [0.05, 0.1) is 32.0 Å². The summed E-state index contributed by atoms with van der Waals surface area (Å²) in [6.45, 7) is 8.37. The number of esters is 5. The topological polar surface area (TPSA) is 150 Å². The van der Waals surface area contributed by atoms with Gasteiger partial charge in [-0.1, -0.05) is 67.8 Å². The first-order valence-electron chi connectivity index (χ1n) is 20.9. The molecule has 0 aliphatic carbocycles. The van der Waals surface area contributed by atoms with Gasteiger partial charge in [0.2, 0.25) is 0 Å². The number of hydrogen-bond donors (Lipinski definition) is 0. The fraction of sp³-hybridized carbons (Fsp3) is 0.275. The monoisotopic (exact) mass is 858 g/mol. The fourth-order valence-electron chi connectivity index (χ4n) is 5.71. The first-order chi connectivity index (χ1) is 30.7. The average Bonchev–Trinajstić information content (AvgIpc) is 3.31. The van der Waals surface area contributed by atoms with Crippen molar-refractivity contribution in [2.24, 2.45) is 0 Å². The SMILES string of the molecule is C=CC(=O)OCCCCCCOc1ccc(/C=C/C(=O)O[C@@H](COC(=O)/C=C/c2ccc(OC(=O)c3ccc(OCCCCCCOC(=O)C=C)cc3)cc2)c2ccccc2)cc1. The van der Waals surface area contributed by atoms with Crippen molar-refractivity contribution in [2.45, 2.75) is 57.5 Å². The van der Waals surface area contributed by atoms with Gasteiger partial charge in [-0.15, -0.1) is 0 Å². The van der Waals surface area contributed by atoms with E-state index < -0.39 is 36.0 Å². The zero-order chi connectivity index (χ0) is 44.9. The summed E-state index contributed by atoms with van der Waals surface area (Å²) in [6.07, 6.45) is 14.2. The lowest BCUT2D eigenvalue weighted by Crippen LogP contribution is -2.17. The van der Waals surface area contributed by atoms with Crippen molar-refractivity contribution >= 4 is 42.0 Å². The lowest BCUT2D eigenvalue weighted by molar-refractivity contribution is -0.153. The molecule has 330 valence electrons. The van der Waals surface area contributed by atoms with Gasteiger partial charge in [-0.05, 0) is 129 Å². The zero-order valence-electron chi connectivity index (χ0n) is 35.4. The molecule has 0 saturated heterocycles. The molecule has 0 bridgehead atoms. The minimum Gasteiger partial charge on any atom is -0.494 e. The van der Waals surface area contributed by atoms with Crippen LogP contribution in [0.15, 0.2) is 141 Å². The van der Waals surface area contributed by atoms with Crippen molar-refractivity contribution in [3.8, 4) is 17.2 Å². The number of unbranched alkanes of at least 4 members (excludes halogenated alkanes) is 6. The lowest BCUT2D eigenvalue weighted by atomic mass is 10.1. The van der Waals surface area contributed by atoms with Gasteiger partial charge in [0.25, 0.3) is 0 Å². The molecule has 4 rings (SSSR count). The average molecular weight is 859 g/mol. The molecule has 0 amide bonds. The second-order valence-electron chi connectivity index (χ2n) is 14.0. The quantitative estimate of drug-likeness (QED) is 0.0176. The van der Waals surface area contributed by atoms with Gasteiger partial charge in [0.1, 0.15) is 23.9 Å². The zero-order valence-corrected chi connectivity index (χ0v) is 35.4. The normalized spacial score (nSPS) is 11.3. The first-order valence-corrected chi connectivity index (χ1v) is 20.9. The van der Waals surface area contributed by atoms with Crippen LogP contribution in [0.2, 0.25) is 0 Å². The highest BCUT2D eigenvalue weighted by Gasteiger charge is 2.18. The minimum atomic E-state index is -0.847.